The molecule has 2 aromatic heterocycles. The molecule has 7 heteroatoms. The molecule has 0 spiro atoms. The van der Waals surface area contributed by atoms with E-state index in [2.05, 4.69) is 16.0 Å². The zero-order valence-electron chi connectivity index (χ0n) is 16.5. The van der Waals surface area contributed by atoms with Gasteiger partial charge in [-0.15, -0.1) is 0 Å². The average molecular weight is 393 g/mol. The molecule has 2 heterocycles. The number of benzene rings is 1. The van der Waals surface area contributed by atoms with Gasteiger partial charge < -0.3 is 4.98 Å². The Morgan fingerprint density at radius 3 is 3.00 bits per heavy atom. The number of hydrogen-bond acceptors (Lipinski definition) is 5. The number of para-hydroxylation sites is 2. The predicted molar refractivity (Wildman–Crippen MR) is 110 cm³/mol. The number of aryl methyl sites for hydroxylation is 1. The average Bonchev–Trinajstić information content (AvgIpc) is 3.17. The summed E-state index contributed by atoms with van der Waals surface area (Å²) >= 11 is 0. The third-order valence-corrected chi connectivity index (χ3v) is 5.62. The molecular formula is C22H27N5O2. The van der Waals surface area contributed by atoms with Gasteiger partial charge in [-0.2, -0.15) is 0 Å². The monoisotopic (exact) mass is 393 g/mol. The van der Waals surface area contributed by atoms with Gasteiger partial charge in [0.25, 0.3) is 0 Å². The minimum atomic E-state index is -0.335. The van der Waals surface area contributed by atoms with Gasteiger partial charge in [0, 0.05) is 12.6 Å². The Morgan fingerprint density at radius 1 is 1.24 bits per heavy atom. The van der Waals surface area contributed by atoms with Crippen molar-refractivity contribution in [1.82, 2.24) is 25.3 Å². The van der Waals surface area contributed by atoms with Gasteiger partial charge in [-0.05, 0) is 62.4 Å². The molecule has 0 fully saturated rings. The summed E-state index contributed by atoms with van der Waals surface area (Å²) in [6.07, 6.45) is 7.09. The summed E-state index contributed by atoms with van der Waals surface area (Å²) in [5.41, 5.74) is 6.23. The van der Waals surface area contributed by atoms with Gasteiger partial charge in [0.15, 0.2) is 0 Å². The molecule has 0 aliphatic heterocycles. The van der Waals surface area contributed by atoms with Gasteiger partial charge in [-0.1, -0.05) is 18.2 Å². The number of hydrogen-bond donors (Lipinski definition) is 3. The summed E-state index contributed by atoms with van der Waals surface area (Å²) < 4.78 is 0. The maximum Gasteiger partial charge on any atom is 0.243 e. The van der Waals surface area contributed by atoms with Crippen LogP contribution in [0.1, 0.15) is 55.2 Å². The number of aromatic nitrogens is 3. The van der Waals surface area contributed by atoms with Gasteiger partial charge in [0.05, 0.1) is 29.3 Å². The standard InChI is InChI=1S/C22H27N5O2/c28-21(26-29)12-3-4-14-27(15-20-24-17-9-1-2-10-18(17)25-20)19-11-5-7-16-8-6-13-23-22(16)19/h1-2,6,8-10,13,19,29H,3-5,7,11-12,14-15H2,(H,24,25)(H,26,28)/t19-/m0/s1. The van der Waals surface area contributed by atoms with Crippen LogP contribution in [-0.2, 0) is 17.8 Å². The quantitative estimate of drug-likeness (QED) is 0.309. The van der Waals surface area contributed by atoms with E-state index in [1.54, 1.807) is 5.48 Å². The number of H-pyrrole nitrogens is 1. The third-order valence-electron chi connectivity index (χ3n) is 5.62. The van der Waals surface area contributed by atoms with Crippen molar-refractivity contribution >= 4 is 16.9 Å². The van der Waals surface area contributed by atoms with Crippen molar-refractivity contribution in [2.75, 3.05) is 6.54 Å². The number of nitrogens with zero attached hydrogens (tertiary/aromatic N) is 3. The number of carbonyl (C=O) groups excluding carboxylic acids is 1. The van der Waals surface area contributed by atoms with Crippen molar-refractivity contribution in [2.24, 2.45) is 0 Å². The summed E-state index contributed by atoms with van der Waals surface area (Å²) in [6.45, 7) is 1.55. The molecule has 0 unspecified atom stereocenters. The number of carbonyl (C=O) groups is 1. The van der Waals surface area contributed by atoms with E-state index < -0.39 is 0 Å². The highest BCUT2D eigenvalue weighted by atomic mass is 16.5. The van der Waals surface area contributed by atoms with Crippen LogP contribution in [0.25, 0.3) is 11.0 Å². The zero-order valence-corrected chi connectivity index (χ0v) is 16.5. The molecule has 1 aromatic carbocycles. The SMILES string of the molecule is O=C(CCCCN(Cc1nc2ccccc2[nH]1)[C@H]1CCCc2cccnc21)NO. The van der Waals surface area contributed by atoms with E-state index in [-0.39, 0.29) is 11.9 Å². The van der Waals surface area contributed by atoms with Gasteiger partial charge >= 0.3 is 0 Å². The zero-order chi connectivity index (χ0) is 20.1. The summed E-state index contributed by atoms with van der Waals surface area (Å²) in [4.78, 5) is 26.6. The Hall–Kier alpha value is -2.77. The first-order chi connectivity index (χ1) is 14.2. The molecule has 7 nitrogen and oxygen atoms in total. The van der Waals surface area contributed by atoms with Gasteiger partial charge in [-0.3, -0.25) is 19.9 Å². The summed E-state index contributed by atoms with van der Waals surface area (Å²) in [5, 5.41) is 8.69. The van der Waals surface area contributed by atoms with Crippen molar-refractivity contribution in [3.63, 3.8) is 0 Å². The second-order valence-electron chi connectivity index (χ2n) is 7.62. The van der Waals surface area contributed by atoms with E-state index in [0.717, 1.165) is 55.5 Å². The molecule has 3 aromatic rings. The van der Waals surface area contributed by atoms with Crippen molar-refractivity contribution < 1.29 is 10.0 Å². The fraction of sp³-hybridized carbons (Fsp3) is 0.409. The number of imidazole rings is 1. The second kappa shape index (κ2) is 9.15. The number of pyridine rings is 1. The molecular weight excluding hydrogens is 366 g/mol. The van der Waals surface area contributed by atoms with Gasteiger partial charge in [0.2, 0.25) is 5.91 Å². The molecule has 1 amide bonds. The van der Waals surface area contributed by atoms with E-state index in [9.17, 15) is 4.79 Å². The summed E-state index contributed by atoms with van der Waals surface area (Å²) in [5.74, 6) is 0.612. The Balaban J connectivity index is 1.53. The minimum absolute atomic E-state index is 0.250. The molecule has 0 bridgehead atoms. The molecule has 3 N–H and O–H groups in total. The number of nitrogens with one attached hydrogen (secondary N) is 2. The van der Waals surface area contributed by atoms with Crippen LogP contribution in [0.15, 0.2) is 42.6 Å². The van der Waals surface area contributed by atoms with Crippen molar-refractivity contribution in [2.45, 2.75) is 51.1 Å². The van der Waals surface area contributed by atoms with Crippen LogP contribution in [-0.4, -0.2) is 37.5 Å². The molecule has 1 aliphatic carbocycles. The van der Waals surface area contributed by atoms with Crippen LogP contribution in [0.4, 0.5) is 0 Å². The molecule has 1 aliphatic rings. The Morgan fingerprint density at radius 2 is 2.14 bits per heavy atom. The Kier molecular flexibility index (Phi) is 6.17. The van der Waals surface area contributed by atoms with Crippen molar-refractivity contribution in [3.05, 3.63) is 59.7 Å². The van der Waals surface area contributed by atoms with E-state index >= 15 is 0 Å². The molecule has 4 rings (SSSR count). The molecule has 1 atom stereocenters. The lowest BCUT2D eigenvalue weighted by molar-refractivity contribution is -0.129. The molecule has 152 valence electrons. The number of unbranched alkanes of at least 4 members (excludes halogenated alkanes) is 1. The number of rotatable bonds is 8. The predicted octanol–water partition coefficient (Wildman–Crippen LogP) is 3.51. The number of amides is 1. The van der Waals surface area contributed by atoms with E-state index in [1.165, 1.54) is 11.3 Å². The Bertz CT molecular complexity index is 938. The van der Waals surface area contributed by atoms with Crippen LogP contribution in [0.2, 0.25) is 0 Å². The maximum absolute atomic E-state index is 11.3. The Labute approximate surface area is 170 Å². The number of hydroxylamine groups is 1. The highest BCUT2D eigenvalue weighted by Gasteiger charge is 2.27. The molecule has 0 saturated carbocycles. The maximum atomic E-state index is 11.3. The first-order valence-corrected chi connectivity index (χ1v) is 10.3. The minimum Gasteiger partial charge on any atom is -0.341 e. The summed E-state index contributed by atoms with van der Waals surface area (Å²) in [6, 6.07) is 12.5. The van der Waals surface area contributed by atoms with Crippen LogP contribution in [0.3, 0.4) is 0 Å². The van der Waals surface area contributed by atoms with Crippen LogP contribution in [0.5, 0.6) is 0 Å². The summed E-state index contributed by atoms with van der Waals surface area (Å²) in [7, 11) is 0. The van der Waals surface area contributed by atoms with Crippen molar-refractivity contribution in [3.8, 4) is 0 Å². The van der Waals surface area contributed by atoms with Crippen LogP contribution < -0.4 is 5.48 Å². The number of fused-ring (bicyclic) bond motifs is 2. The fourth-order valence-electron chi connectivity index (χ4n) is 4.21. The molecule has 0 radical (unpaired) electrons. The highest BCUT2D eigenvalue weighted by Crippen LogP contribution is 2.33. The van der Waals surface area contributed by atoms with E-state index in [0.29, 0.717) is 13.0 Å². The van der Waals surface area contributed by atoms with Gasteiger partial charge in [0.1, 0.15) is 5.82 Å². The topological polar surface area (TPSA) is 94.1 Å². The van der Waals surface area contributed by atoms with E-state index in [4.69, 9.17) is 15.2 Å². The lowest BCUT2D eigenvalue weighted by Crippen LogP contribution is -2.33. The normalized spacial score (nSPS) is 16.1. The van der Waals surface area contributed by atoms with Gasteiger partial charge in [-0.25, -0.2) is 10.5 Å². The van der Waals surface area contributed by atoms with Crippen molar-refractivity contribution in [1.29, 1.82) is 0 Å². The largest absolute Gasteiger partial charge is 0.341 e. The second-order valence-corrected chi connectivity index (χ2v) is 7.62. The van der Waals surface area contributed by atoms with E-state index in [1.807, 2.05) is 36.5 Å². The number of aromatic amines is 1. The lowest BCUT2D eigenvalue weighted by Gasteiger charge is -2.34. The highest BCUT2D eigenvalue weighted by molar-refractivity contribution is 5.75. The third kappa shape index (κ3) is 4.63. The smallest absolute Gasteiger partial charge is 0.243 e. The van der Waals surface area contributed by atoms with Crippen LogP contribution in [0, 0.1) is 0 Å². The first-order valence-electron chi connectivity index (χ1n) is 10.3. The lowest BCUT2D eigenvalue weighted by atomic mass is 9.90. The van der Waals surface area contributed by atoms with Crippen LogP contribution >= 0.6 is 0 Å². The molecule has 29 heavy (non-hydrogen) atoms. The molecule has 0 saturated heterocycles. The fourth-order valence-corrected chi connectivity index (χ4v) is 4.21. The first kappa shape index (κ1) is 19.5.